The van der Waals surface area contributed by atoms with Gasteiger partial charge in [-0.15, -0.1) is 0 Å². The van der Waals surface area contributed by atoms with Crippen molar-refractivity contribution >= 4 is 39.6 Å². The Kier molecular flexibility index (Phi) is 8.39. The summed E-state index contributed by atoms with van der Waals surface area (Å²) in [6.07, 6.45) is 1.49. The Morgan fingerprint density at radius 1 is 1.06 bits per heavy atom. The molecular weight excluding hydrogens is 484 g/mol. The topological polar surface area (TPSA) is 88.4 Å². The molecule has 7 heteroatoms. The molecule has 0 radical (unpaired) electrons. The van der Waals surface area contributed by atoms with E-state index in [4.69, 9.17) is 9.47 Å². The number of ether oxygens (including phenoxy) is 2. The molecule has 0 aliphatic heterocycles. The van der Waals surface area contributed by atoms with Crippen molar-refractivity contribution in [3.8, 4) is 11.8 Å². The van der Waals surface area contributed by atoms with Gasteiger partial charge in [0.2, 0.25) is 0 Å². The average Bonchev–Trinajstić information content (AvgIpc) is 2.83. The van der Waals surface area contributed by atoms with Gasteiger partial charge in [0.1, 0.15) is 24.0 Å². The van der Waals surface area contributed by atoms with Crippen molar-refractivity contribution in [2.75, 3.05) is 11.9 Å². The molecule has 0 spiro atoms. The highest BCUT2D eigenvalue weighted by molar-refractivity contribution is 9.10. The van der Waals surface area contributed by atoms with Gasteiger partial charge >= 0.3 is 5.97 Å². The van der Waals surface area contributed by atoms with Crippen LogP contribution in [-0.2, 0) is 16.1 Å². The van der Waals surface area contributed by atoms with E-state index in [1.54, 1.807) is 49.4 Å². The molecule has 0 atom stereocenters. The van der Waals surface area contributed by atoms with E-state index in [-0.39, 0.29) is 12.2 Å². The van der Waals surface area contributed by atoms with Gasteiger partial charge in [-0.2, -0.15) is 5.26 Å². The van der Waals surface area contributed by atoms with E-state index < -0.39 is 11.9 Å². The number of carbonyl (C=O) groups is 2. The largest absolute Gasteiger partial charge is 0.489 e. The predicted octanol–water partition coefficient (Wildman–Crippen LogP) is 5.75. The highest BCUT2D eigenvalue weighted by Crippen LogP contribution is 2.19. The molecule has 0 aliphatic carbocycles. The van der Waals surface area contributed by atoms with Gasteiger partial charge in [-0.1, -0.05) is 40.2 Å². The Hall–Kier alpha value is -3.89. The normalized spacial score (nSPS) is 10.8. The molecule has 3 aromatic rings. The van der Waals surface area contributed by atoms with Crippen molar-refractivity contribution in [1.82, 2.24) is 0 Å². The quantitative estimate of drug-likeness (QED) is 0.239. The van der Waals surface area contributed by atoms with Crippen molar-refractivity contribution in [3.63, 3.8) is 0 Å². The lowest BCUT2D eigenvalue weighted by Gasteiger charge is -2.08. The minimum absolute atomic E-state index is 0.0606. The van der Waals surface area contributed by atoms with Crippen LogP contribution in [0.5, 0.6) is 5.75 Å². The number of nitriles is 1. The Bertz CT molecular complexity index is 1200. The van der Waals surface area contributed by atoms with Gasteiger partial charge in [0, 0.05) is 10.2 Å². The molecule has 0 fully saturated rings. The lowest BCUT2D eigenvalue weighted by molar-refractivity contribution is -0.112. The van der Waals surface area contributed by atoms with E-state index in [0.29, 0.717) is 29.2 Å². The number of nitrogens with zero attached hydrogens (tertiary/aromatic N) is 1. The van der Waals surface area contributed by atoms with Crippen LogP contribution in [0.3, 0.4) is 0 Å². The number of nitrogens with one attached hydrogen (secondary N) is 1. The van der Waals surface area contributed by atoms with Crippen molar-refractivity contribution in [1.29, 1.82) is 5.26 Å². The third-order valence-electron chi connectivity index (χ3n) is 4.51. The second-order valence-corrected chi connectivity index (χ2v) is 7.83. The standard InChI is InChI=1S/C26H21BrN2O4/c1-2-32-26(31)20-8-12-23(13-9-20)29-25(30)21(16-28)14-19-4-3-5-24(15-19)33-17-18-6-10-22(27)11-7-18/h3-15H,2,17H2,1H3,(H,29,30)/b21-14+. The summed E-state index contributed by atoms with van der Waals surface area (Å²) < 4.78 is 11.8. The van der Waals surface area contributed by atoms with Crippen LogP contribution in [-0.4, -0.2) is 18.5 Å². The molecule has 0 saturated carbocycles. The molecule has 6 nitrogen and oxygen atoms in total. The molecule has 0 saturated heterocycles. The molecule has 0 unspecified atom stereocenters. The SMILES string of the molecule is CCOC(=O)c1ccc(NC(=O)/C(C#N)=C/c2cccc(OCc3ccc(Br)cc3)c2)cc1. The fourth-order valence-corrected chi connectivity index (χ4v) is 3.12. The van der Waals surface area contributed by atoms with E-state index in [1.807, 2.05) is 36.4 Å². The zero-order valence-electron chi connectivity index (χ0n) is 17.9. The number of benzene rings is 3. The number of amides is 1. The minimum Gasteiger partial charge on any atom is -0.489 e. The number of halogens is 1. The second kappa shape index (κ2) is 11.7. The van der Waals surface area contributed by atoms with Crippen LogP contribution in [0, 0.1) is 11.3 Å². The van der Waals surface area contributed by atoms with Crippen molar-refractivity contribution in [2.24, 2.45) is 0 Å². The fourth-order valence-electron chi connectivity index (χ4n) is 2.86. The number of anilines is 1. The summed E-state index contributed by atoms with van der Waals surface area (Å²) in [5, 5.41) is 12.1. The summed E-state index contributed by atoms with van der Waals surface area (Å²) in [6, 6.07) is 23.2. The fraction of sp³-hybridized carbons (Fsp3) is 0.115. The zero-order chi connectivity index (χ0) is 23.6. The van der Waals surface area contributed by atoms with Crippen LogP contribution < -0.4 is 10.1 Å². The molecule has 1 amide bonds. The molecule has 3 aromatic carbocycles. The predicted molar refractivity (Wildman–Crippen MR) is 130 cm³/mol. The van der Waals surface area contributed by atoms with Crippen LogP contribution in [0.15, 0.2) is 82.8 Å². The molecule has 0 heterocycles. The lowest BCUT2D eigenvalue weighted by Crippen LogP contribution is -2.13. The highest BCUT2D eigenvalue weighted by Gasteiger charge is 2.11. The maximum Gasteiger partial charge on any atom is 0.338 e. The number of hydrogen-bond acceptors (Lipinski definition) is 5. The Morgan fingerprint density at radius 2 is 1.79 bits per heavy atom. The highest BCUT2D eigenvalue weighted by atomic mass is 79.9. The molecule has 33 heavy (non-hydrogen) atoms. The van der Waals surface area contributed by atoms with Gasteiger partial charge in [0.25, 0.3) is 5.91 Å². The van der Waals surface area contributed by atoms with Gasteiger partial charge in [-0.05, 0) is 72.7 Å². The Balaban J connectivity index is 1.66. The first kappa shape index (κ1) is 23.8. The van der Waals surface area contributed by atoms with Gasteiger partial charge in [0.15, 0.2) is 0 Å². The van der Waals surface area contributed by atoms with Crippen LogP contribution in [0.1, 0.15) is 28.4 Å². The first-order valence-electron chi connectivity index (χ1n) is 10.2. The number of carbonyl (C=O) groups excluding carboxylic acids is 2. The molecule has 1 N–H and O–H groups in total. The van der Waals surface area contributed by atoms with Crippen LogP contribution in [0.4, 0.5) is 5.69 Å². The van der Waals surface area contributed by atoms with Crippen molar-refractivity contribution in [2.45, 2.75) is 13.5 Å². The van der Waals surface area contributed by atoms with Gasteiger partial charge < -0.3 is 14.8 Å². The Morgan fingerprint density at radius 3 is 2.45 bits per heavy atom. The molecule has 166 valence electrons. The van der Waals surface area contributed by atoms with Crippen LogP contribution in [0.2, 0.25) is 0 Å². The smallest absolute Gasteiger partial charge is 0.338 e. The summed E-state index contributed by atoms with van der Waals surface area (Å²) in [4.78, 5) is 24.3. The molecule has 3 rings (SSSR count). The maximum atomic E-state index is 12.6. The first-order valence-corrected chi connectivity index (χ1v) is 11.0. The summed E-state index contributed by atoms with van der Waals surface area (Å²) in [5.74, 6) is -0.364. The van der Waals surface area contributed by atoms with Gasteiger partial charge in [0.05, 0.1) is 12.2 Å². The molecule has 0 aliphatic rings. The third kappa shape index (κ3) is 7.06. The van der Waals surface area contributed by atoms with Crippen molar-refractivity contribution in [3.05, 3.63) is 99.5 Å². The van der Waals surface area contributed by atoms with E-state index in [2.05, 4.69) is 21.2 Å². The van der Waals surface area contributed by atoms with E-state index >= 15 is 0 Å². The summed E-state index contributed by atoms with van der Waals surface area (Å²) in [5.41, 5.74) is 2.46. The number of esters is 1. The number of hydrogen-bond donors (Lipinski definition) is 1. The summed E-state index contributed by atoms with van der Waals surface area (Å²) in [7, 11) is 0. The lowest BCUT2D eigenvalue weighted by atomic mass is 10.1. The Labute approximate surface area is 200 Å². The van der Waals surface area contributed by atoms with E-state index in [9.17, 15) is 14.9 Å². The average molecular weight is 505 g/mol. The number of rotatable bonds is 8. The van der Waals surface area contributed by atoms with E-state index in [0.717, 1.165) is 10.0 Å². The second-order valence-electron chi connectivity index (χ2n) is 6.91. The molecular formula is C26H21BrN2O4. The summed E-state index contributed by atoms with van der Waals surface area (Å²) in [6.45, 7) is 2.41. The van der Waals surface area contributed by atoms with Crippen LogP contribution >= 0.6 is 15.9 Å². The molecule has 0 bridgehead atoms. The first-order chi connectivity index (χ1) is 16.0. The van der Waals surface area contributed by atoms with Gasteiger partial charge in [-0.3, -0.25) is 4.79 Å². The van der Waals surface area contributed by atoms with Crippen LogP contribution in [0.25, 0.3) is 6.08 Å². The molecule has 0 aromatic heterocycles. The third-order valence-corrected chi connectivity index (χ3v) is 5.04. The minimum atomic E-state index is -0.553. The zero-order valence-corrected chi connectivity index (χ0v) is 19.5. The van der Waals surface area contributed by atoms with Crippen molar-refractivity contribution < 1.29 is 19.1 Å². The maximum absolute atomic E-state index is 12.6. The van der Waals surface area contributed by atoms with E-state index in [1.165, 1.54) is 6.08 Å². The monoisotopic (exact) mass is 504 g/mol. The van der Waals surface area contributed by atoms with Gasteiger partial charge in [-0.25, -0.2) is 4.79 Å². The summed E-state index contributed by atoms with van der Waals surface area (Å²) >= 11 is 3.40.